The van der Waals surface area contributed by atoms with Gasteiger partial charge in [0.25, 0.3) is 0 Å². The fourth-order valence-electron chi connectivity index (χ4n) is 9.01. The van der Waals surface area contributed by atoms with Crippen LogP contribution in [0.15, 0.2) is 188 Å². The summed E-state index contributed by atoms with van der Waals surface area (Å²) in [6, 6.07) is 41.8. The average Bonchev–Trinajstić information content (AvgIpc) is 3.59. The molecule has 10 rings (SSSR count). The molecule has 4 aliphatic carbocycles. The van der Waals surface area contributed by atoms with Gasteiger partial charge < -0.3 is 4.90 Å². The number of hydrogen-bond acceptors (Lipinski definition) is 2. The molecule has 6 aromatic rings. The molecule has 1 aromatic heterocycles. The molecule has 0 N–H and O–H groups in total. The maximum atomic E-state index is 2.56. The second-order valence-corrected chi connectivity index (χ2v) is 15.2. The van der Waals surface area contributed by atoms with Crippen molar-refractivity contribution in [3.8, 4) is 11.1 Å². The van der Waals surface area contributed by atoms with E-state index in [1.807, 2.05) is 11.3 Å². The van der Waals surface area contributed by atoms with Gasteiger partial charge in [0.2, 0.25) is 0 Å². The molecule has 1 heterocycles. The standard InChI is InChI=1S/C50H39NS/c1-2-7-17-35(16-6-1)36-26-28-40(29-27-36)51(39-22-12-5-13-23-39)41-30-31-44-46(34-41)50(37-18-8-3-9-19-37,38-20-10-4-11-21-38)45-33-32-43-42-24-14-15-25-47(42)52-49(43)48(44)45/h1-3,5-10,12-16,18-22,24-34,39H,4,11,17,23H2. The second kappa shape index (κ2) is 12.8. The van der Waals surface area contributed by atoms with Crippen LogP contribution in [0.2, 0.25) is 0 Å². The Hall–Kier alpha value is -5.70. The monoisotopic (exact) mass is 685 g/mol. The molecule has 0 saturated carbocycles. The summed E-state index contributed by atoms with van der Waals surface area (Å²) in [7, 11) is 0. The van der Waals surface area contributed by atoms with Gasteiger partial charge in [-0.3, -0.25) is 0 Å². The van der Waals surface area contributed by atoms with Crippen LogP contribution < -0.4 is 4.90 Å². The molecule has 0 spiro atoms. The molecule has 1 nitrogen and oxygen atoms in total. The molecule has 2 heteroatoms. The van der Waals surface area contributed by atoms with Crippen LogP contribution in [-0.4, -0.2) is 6.04 Å². The Bertz CT molecular complexity index is 2570. The van der Waals surface area contributed by atoms with Crippen LogP contribution >= 0.6 is 11.3 Å². The zero-order valence-corrected chi connectivity index (χ0v) is 29.9. The quantitative estimate of drug-likeness (QED) is 0.169. The zero-order valence-electron chi connectivity index (χ0n) is 29.1. The fourth-order valence-corrected chi connectivity index (χ4v) is 10.3. The van der Waals surface area contributed by atoms with Gasteiger partial charge in [0.15, 0.2) is 0 Å². The molecule has 2 atom stereocenters. The highest BCUT2D eigenvalue weighted by atomic mass is 32.1. The van der Waals surface area contributed by atoms with Crippen molar-refractivity contribution in [2.45, 2.75) is 37.1 Å². The number of fused-ring (bicyclic) bond motifs is 7. The summed E-state index contributed by atoms with van der Waals surface area (Å²) in [5.41, 5.74) is 12.8. The maximum absolute atomic E-state index is 2.56. The summed E-state index contributed by atoms with van der Waals surface area (Å²) in [5.74, 6) is 0. The molecule has 0 amide bonds. The predicted molar refractivity (Wildman–Crippen MR) is 224 cm³/mol. The van der Waals surface area contributed by atoms with Crippen molar-refractivity contribution in [3.63, 3.8) is 0 Å². The number of hydrogen-bond donors (Lipinski definition) is 0. The highest BCUT2D eigenvalue weighted by Gasteiger charge is 2.48. The van der Waals surface area contributed by atoms with E-state index in [0.717, 1.165) is 25.7 Å². The summed E-state index contributed by atoms with van der Waals surface area (Å²) in [5, 5.41) is 2.69. The van der Waals surface area contributed by atoms with E-state index < -0.39 is 5.41 Å². The van der Waals surface area contributed by atoms with Crippen LogP contribution in [0.1, 0.15) is 47.9 Å². The van der Waals surface area contributed by atoms with Gasteiger partial charge >= 0.3 is 0 Å². The third kappa shape index (κ3) is 4.89. The molecule has 4 aliphatic rings. The van der Waals surface area contributed by atoms with Gasteiger partial charge in [-0.05, 0) is 95.0 Å². The van der Waals surface area contributed by atoms with Crippen molar-refractivity contribution in [1.82, 2.24) is 0 Å². The molecule has 0 saturated heterocycles. The van der Waals surface area contributed by atoms with Crippen LogP contribution in [0.3, 0.4) is 0 Å². The van der Waals surface area contributed by atoms with Gasteiger partial charge in [-0.2, -0.15) is 0 Å². The van der Waals surface area contributed by atoms with E-state index in [2.05, 4.69) is 187 Å². The molecule has 5 aromatic carbocycles. The van der Waals surface area contributed by atoms with Crippen LogP contribution in [0.4, 0.5) is 11.4 Å². The lowest BCUT2D eigenvalue weighted by Gasteiger charge is -2.37. The van der Waals surface area contributed by atoms with Gasteiger partial charge in [0.05, 0.1) is 11.5 Å². The second-order valence-electron chi connectivity index (χ2n) is 14.2. The molecule has 0 aliphatic heterocycles. The third-order valence-corrected chi connectivity index (χ3v) is 12.5. The lowest BCUT2D eigenvalue weighted by molar-refractivity contribution is 0.747. The first kappa shape index (κ1) is 31.1. The molecule has 0 radical (unpaired) electrons. The Kier molecular flexibility index (Phi) is 7.65. The Morgan fingerprint density at radius 2 is 1.50 bits per heavy atom. The van der Waals surface area contributed by atoms with E-state index in [1.54, 1.807) is 0 Å². The van der Waals surface area contributed by atoms with E-state index in [-0.39, 0.29) is 6.04 Å². The number of anilines is 2. The maximum Gasteiger partial charge on any atom is 0.0711 e. The lowest BCUT2D eigenvalue weighted by Crippen LogP contribution is -2.32. The number of benzene rings is 5. The first-order valence-corrected chi connectivity index (χ1v) is 19.4. The van der Waals surface area contributed by atoms with E-state index in [4.69, 9.17) is 0 Å². The number of rotatable bonds is 6. The Balaban J connectivity index is 1.22. The number of allylic oxidation sites excluding steroid dienone is 12. The highest BCUT2D eigenvalue weighted by Crippen LogP contribution is 2.60. The van der Waals surface area contributed by atoms with Crippen molar-refractivity contribution in [3.05, 3.63) is 210 Å². The molecule has 52 heavy (non-hydrogen) atoms. The van der Waals surface area contributed by atoms with Gasteiger partial charge in [-0.15, -0.1) is 11.3 Å². The number of nitrogens with zero attached hydrogens (tertiary/aromatic N) is 1. The Morgan fingerprint density at radius 3 is 2.35 bits per heavy atom. The van der Waals surface area contributed by atoms with Crippen LogP contribution in [0.25, 0.3) is 36.9 Å². The smallest absolute Gasteiger partial charge is 0.0711 e. The van der Waals surface area contributed by atoms with E-state index in [0.29, 0.717) is 0 Å². The van der Waals surface area contributed by atoms with Crippen molar-refractivity contribution in [2.24, 2.45) is 0 Å². The van der Waals surface area contributed by atoms with Crippen LogP contribution in [-0.2, 0) is 5.41 Å². The Labute approximate surface area is 310 Å². The van der Waals surface area contributed by atoms with Crippen molar-refractivity contribution in [2.75, 3.05) is 4.90 Å². The number of thiophene rings is 1. The average molecular weight is 686 g/mol. The molecule has 0 fully saturated rings. The normalized spacial score (nSPS) is 20.1. The van der Waals surface area contributed by atoms with Gasteiger partial charge in [-0.1, -0.05) is 152 Å². The summed E-state index contributed by atoms with van der Waals surface area (Å²) >= 11 is 1.94. The first-order chi connectivity index (χ1) is 25.8. The SMILES string of the molecule is C1=CC=C(c2ccc(N(c3ccc4c(c3)C(C3=CCCC=C3)(c3ccccc3)c3ccc5c(sc6ccccc65)c3-4)C3C=CC=CC3)cc2)CC=C1. The van der Waals surface area contributed by atoms with Crippen LogP contribution in [0.5, 0.6) is 0 Å². The molecule has 250 valence electrons. The lowest BCUT2D eigenvalue weighted by atomic mass is 9.66. The van der Waals surface area contributed by atoms with Crippen LogP contribution in [0, 0.1) is 0 Å². The van der Waals surface area contributed by atoms with E-state index in [9.17, 15) is 0 Å². The minimum absolute atomic E-state index is 0.204. The van der Waals surface area contributed by atoms with Gasteiger partial charge in [-0.25, -0.2) is 0 Å². The van der Waals surface area contributed by atoms with Crippen molar-refractivity contribution < 1.29 is 0 Å². The topological polar surface area (TPSA) is 3.24 Å². The van der Waals surface area contributed by atoms with E-state index in [1.165, 1.54) is 76.1 Å². The fraction of sp³-hybridized carbons (Fsp3) is 0.120. The molecular weight excluding hydrogens is 647 g/mol. The first-order valence-electron chi connectivity index (χ1n) is 18.6. The van der Waals surface area contributed by atoms with E-state index >= 15 is 0 Å². The summed E-state index contributed by atoms with van der Waals surface area (Å²) < 4.78 is 2.73. The third-order valence-electron chi connectivity index (χ3n) is 11.3. The predicted octanol–water partition coefficient (Wildman–Crippen LogP) is 13.6. The summed E-state index contributed by atoms with van der Waals surface area (Å²) in [6.45, 7) is 0. The van der Waals surface area contributed by atoms with Gasteiger partial charge in [0.1, 0.15) is 0 Å². The molecular formula is C50H39NS. The Morgan fingerprint density at radius 1 is 0.654 bits per heavy atom. The van der Waals surface area contributed by atoms with Gasteiger partial charge in [0, 0.05) is 37.1 Å². The highest BCUT2D eigenvalue weighted by molar-refractivity contribution is 7.26. The molecule has 0 bridgehead atoms. The zero-order chi connectivity index (χ0) is 34.5. The largest absolute Gasteiger partial charge is 0.334 e. The summed E-state index contributed by atoms with van der Waals surface area (Å²) in [6.07, 6.45) is 31.2. The van der Waals surface area contributed by atoms with Crippen molar-refractivity contribution in [1.29, 1.82) is 0 Å². The minimum Gasteiger partial charge on any atom is -0.334 e. The summed E-state index contributed by atoms with van der Waals surface area (Å²) in [4.78, 5) is 2.56. The minimum atomic E-state index is -0.436. The molecule has 2 unspecified atom stereocenters. The van der Waals surface area contributed by atoms with Crippen molar-refractivity contribution >= 4 is 48.5 Å².